The van der Waals surface area contributed by atoms with Crippen LogP contribution in [0.1, 0.15) is 54.4 Å². The molecule has 1 aromatic carbocycles. The average Bonchev–Trinajstić information content (AvgIpc) is 3.18. The van der Waals surface area contributed by atoms with E-state index in [1.807, 2.05) is 29.0 Å². The summed E-state index contributed by atoms with van der Waals surface area (Å²) in [7, 11) is 0. The van der Waals surface area contributed by atoms with Crippen LogP contribution in [-0.2, 0) is 13.0 Å². The molecule has 0 spiro atoms. The summed E-state index contributed by atoms with van der Waals surface area (Å²) in [6, 6.07) is 5.91. The number of halogens is 1. The number of allylic oxidation sites excluding steroid dienone is 2. The van der Waals surface area contributed by atoms with Crippen molar-refractivity contribution in [3.8, 4) is 5.75 Å². The molecule has 0 atom stereocenters. The van der Waals surface area contributed by atoms with E-state index >= 15 is 0 Å². The van der Waals surface area contributed by atoms with E-state index in [0.717, 1.165) is 41.8 Å². The molecular weight excluding hydrogens is 360 g/mol. The maximum absolute atomic E-state index is 12.9. The fraction of sp³-hybridized carbons (Fsp3) is 0.455. The van der Waals surface area contributed by atoms with E-state index in [-0.39, 0.29) is 18.2 Å². The first-order valence-electron chi connectivity index (χ1n) is 9.76. The number of benzene rings is 1. The highest BCUT2D eigenvalue weighted by Crippen LogP contribution is 2.32. The van der Waals surface area contributed by atoms with Gasteiger partial charge in [-0.3, -0.25) is 4.79 Å². The third kappa shape index (κ3) is 4.81. The molecule has 27 heavy (non-hydrogen) atoms. The Bertz CT molecular complexity index is 793. The molecule has 4 rings (SSSR count). The summed E-state index contributed by atoms with van der Waals surface area (Å²) in [6.45, 7) is 1.36. The van der Waals surface area contributed by atoms with Gasteiger partial charge in [0, 0.05) is 18.0 Å². The van der Waals surface area contributed by atoms with Gasteiger partial charge in [-0.05, 0) is 60.9 Å². The van der Waals surface area contributed by atoms with Crippen molar-refractivity contribution in [1.82, 2.24) is 9.55 Å². The third-order valence-corrected chi connectivity index (χ3v) is 5.54. The largest absolute Gasteiger partial charge is 0.492 e. The number of fused-ring (bicyclic) bond motifs is 1. The van der Waals surface area contributed by atoms with Gasteiger partial charge in [0.15, 0.2) is 5.78 Å². The number of hydrogen-bond donors (Lipinski definition) is 0. The topological polar surface area (TPSA) is 44.1 Å². The molecule has 0 unspecified atom stereocenters. The molecule has 2 aliphatic carbocycles. The third-order valence-electron chi connectivity index (χ3n) is 5.54. The predicted octanol–water partition coefficient (Wildman–Crippen LogP) is 5.02. The van der Waals surface area contributed by atoms with E-state index < -0.39 is 0 Å². The summed E-state index contributed by atoms with van der Waals surface area (Å²) in [5, 5.41) is 0. The van der Waals surface area contributed by atoms with Crippen LogP contribution < -0.4 is 4.74 Å². The van der Waals surface area contributed by atoms with Gasteiger partial charge in [-0.1, -0.05) is 25.3 Å². The minimum absolute atomic E-state index is 0. The first-order chi connectivity index (χ1) is 12.8. The lowest BCUT2D eigenvalue weighted by molar-refractivity contribution is 0.102. The highest BCUT2D eigenvalue weighted by Gasteiger charge is 2.23. The second-order valence-electron chi connectivity index (χ2n) is 7.39. The van der Waals surface area contributed by atoms with Crippen LogP contribution in [0.15, 0.2) is 48.6 Å². The summed E-state index contributed by atoms with van der Waals surface area (Å²) in [5.74, 6) is 1.67. The summed E-state index contributed by atoms with van der Waals surface area (Å²) in [4.78, 5) is 16.9. The number of Topliss-reactive ketones (excluding diaryl/α,β-unsaturated/α-hetero) is 1. The van der Waals surface area contributed by atoms with Crippen LogP contribution >= 0.6 is 12.4 Å². The number of carbonyl (C=O) groups excluding carboxylic acids is 1. The number of ketones is 1. The number of aryl methyl sites for hydroxylation is 1. The Labute approximate surface area is 167 Å². The zero-order valence-corrected chi connectivity index (χ0v) is 16.4. The standard InChI is InChI=1S/C22H26N2O2.ClH/c25-22-19(14-17-4-2-1-3-5-17)7-6-18-15-20(8-9-21(18)22)26-13-12-24-11-10-23-16-24;/h8-11,14-17H,1-7,12-13H2;1H. The minimum Gasteiger partial charge on any atom is -0.492 e. The molecule has 1 saturated carbocycles. The molecule has 0 radical (unpaired) electrons. The molecule has 4 nitrogen and oxygen atoms in total. The van der Waals surface area contributed by atoms with Gasteiger partial charge in [0.1, 0.15) is 12.4 Å². The molecule has 1 fully saturated rings. The van der Waals surface area contributed by atoms with E-state index in [2.05, 4.69) is 11.1 Å². The lowest BCUT2D eigenvalue weighted by Gasteiger charge is -2.23. The van der Waals surface area contributed by atoms with Crippen molar-refractivity contribution in [2.24, 2.45) is 5.92 Å². The molecule has 0 N–H and O–H groups in total. The van der Waals surface area contributed by atoms with E-state index in [4.69, 9.17) is 4.74 Å². The van der Waals surface area contributed by atoms with Crippen LogP contribution in [0.5, 0.6) is 5.75 Å². The zero-order chi connectivity index (χ0) is 17.8. The molecule has 5 heteroatoms. The summed E-state index contributed by atoms with van der Waals surface area (Å²) >= 11 is 0. The smallest absolute Gasteiger partial charge is 0.188 e. The van der Waals surface area contributed by atoms with Crippen molar-refractivity contribution in [3.05, 3.63) is 59.7 Å². The lowest BCUT2D eigenvalue weighted by atomic mass is 9.82. The molecule has 144 valence electrons. The van der Waals surface area contributed by atoms with Crippen molar-refractivity contribution in [3.63, 3.8) is 0 Å². The Morgan fingerprint density at radius 3 is 2.81 bits per heavy atom. The maximum Gasteiger partial charge on any atom is 0.188 e. The van der Waals surface area contributed by atoms with Gasteiger partial charge in [0.25, 0.3) is 0 Å². The zero-order valence-electron chi connectivity index (χ0n) is 15.6. The minimum atomic E-state index is 0. The number of rotatable bonds is 5. The van der Waals surface area contributed by atoms with Crippen molar-refractivity contribution < 1.29 is 9.53 Å². The Morgan fingerprint density at radius 2 is 2.04 bits per heavy atom. The molecule has 0 bridgehead atoms. The number of imidazole rings is 1. The second-order valence-corrected chi connectivity index (χ2v) is 7.39. The quantitative estimate of drug-likeness (QED) is 0.677. The van der Waals surface area contributed by atoms with Crippen molar-refractivity contribution in [1.29, 1.82) is 0 Å². The lowest BCUT2D eigenvalue weighted by Crippen LogP contribution is -2.16. The average molecular weight is 387 g/mol. The molecule has 0 aliphatic heterocycles. The fourth-order valence-corrected chi connectivity index (χ4v) is 4.08. The van der Waals surface area contributed by atoms with Crippen LogP contribution in [-0.4, -0.2) is 21.9 Å². The number of carbonyl (C=O) groups is 1. The fourth-order valence-electron chi connectivity index (χ4n) is 4.08. The normalized spacial score (nSPS) is 18.8. The molecule has 2 aromatic rings. The SMILES string of the molecule is Cl.O=C1C(=CC2CCCCC2)CCc2cc(OCCn3ccnc3)ccc21. The Kier molecular flexibility index (Phi) is 6.73. The van der Waals surface area contributed by atoms with Crippen molar-refractivity contribution in [2.75, 3.05) is 6.61 Å². The number of aromatic nitrogens is 2. The van der Waals surface area contributed by atoms with Gasteiger partial charge in [-0.25, -0.2) is 4.98 Å². The molecular formula is C22H27ClN2O2. The van der Waals surface area contributed by atoms with Gasteiger partial charge >= 0.3 is 0 Å². The Balaban J connectivity index is 0.00000210. The first-order valence-corrected chi connectivity index (χ1v) is 9.76. The number of ether oxygens (including phenoxy) is 1. The molecule has 0 saturated heterocycles. The van der Waals surface area contributed by atoms with Crippen LogP contribution in [0.25, 0.3) is 0 Å². The number of nitrogens with zero attached hydrogens (tertiary/aromatic N) is 2. The van der Waals surface area contributed by atoms with E-state index in [1.165, 1.54) is 32.1 Å². The van der Waals surface area contributed by atoms with Crippen LogP contribution in [0.3, 0.4) is 0 Å². The summed E-state index contributed by atoms with van der Waals surface area (Å²) in [6.07, 6.45) is 16.0. The van der Waals surface area contributed by atoms with Gasteiger partial charge < -0.3 is 9.30 Å². The maximum atomic E-state index is 12.9. The van der Waals surface area contributed by atoms with Crippen molar-refractivity contribution >= 4 is 18.2 Å². The van der Waals surface area contributed by atoms with Gasteiger partial charge in [-0.2, -0.15) is 0 Å². The highest BCUT2D eigenvalue weighted by atomic mass is 35.5. The molecule has 0 amide bonds. The van der Waals surface area contributed by atoms with Crippen LogP contribution in [0.2, 0.25) is 0 Å². The van der Waals surface area contributed by atoms with Gasteiger partial charge in [0.2, 0.25) is 0 Å². The number of hydrogen-bond acceptors (Lipinski definition) is 3. The molecule has 1 heterocycles. The monoisotopic (exact) mass is 386 g/mol. The van der Waals surface area contributed by atoms with Crippen molar-refractivity contribution in [2.45, 2.75) is 51.5 Å². The van der Waals surface area contributed by atoms with Gasteiger partial charge in [0.05, 0.1) is 12.9 Å². The van der Waals surface area contributed by atoms with Gasteiger partial charge in [-0.15, -0.1) is 12.4 Å². The second kappa shape index (κ2) is 9.23. The van der Waals surface area contributed by atoms with Crippen LogP contribution in [0.4, 0.5) is 0 Å². The Morgan fingerprint density at radius 1 is 1.19 bits per heavy atom. The molecule has 2 aliphatic rings. The predicted molar refractivity (Wildman–Crippen MR) is 109 cm³/mol. The van der Waals surface area contributed by atoms with E-state index in [1.54, 1.807) is 12.5 Å². The summed E-state index contributed by atoms with van der Waals surface area (Å²) < 4.78 is 7.84. The first kappa shape index (κ1) is 19.7. The summed E-state index contributed by atoms with van der Waals surface area (Å²) in [5.41, 5.74) is 3.01. The highest BCUT2D eigenvalue weighted by molar-refractivity contribution is 6.10. The molecule has 1 aromatic heterocycles. The Hall–Kier alpha value is -2.07. The van der Waals surface area contributed by atoms with E-state index in [0.29, 0.717) is 12.5 Å². The van der Waals surface area contributed by atoms with Crippen LogP contribution in [0, 0.1) is 5.92 Å². The van der Waals surface area contributed by atoms with E-state index in [9.17, 15) is 4.79 Å².